The Morgan fingerprint density at radius 1 is 1.15 bits per heavy atom. The van der Waals surface area contributed by atoms with Gasteiger partial charge in [-0.3, -0.25) is 14.5 Å². The van der Waals surface area contributed by atoms with Crippen LogP contribution < -0.4 is 14.8 Å². The molecule has 34 heavy (non-hydrogen) atoms. The molecule has 2 bridgehead atoms. The highest BCUT2D eigenvalue weighted by Gasteiger charge is 2.79. The Balaban J connectivity index is 1.42. The zero-order chi connectivity index (χ0) is 23.9. The Kier molecular flexibility index (Phi) is 3.55. The molecule has 1 saturated carbocycles. The van der Waals surface area contributed by atoms with Crippen LogP contribution in [0.2, 0.25) is 0 Å². The molecule has 4 saturated heterocycles. The molecule has 1 aliphatic carbocycles. The van der Waals surface area contributed by atoms with Crippen molar-refractivity contribution < 1.29 is 19.1 Å². The number of likely N-dealkylation sites (N-methyl/N-ethyl adjacent to an activating group) is 1. The molecule has 7 aliphatic rings. The van der Waals surface area contributed by atoms with Crippen LogP contribution in [-0.2, 0) is 15.0 Å². The minimum atomic E-state index is -0.739. The lowest BCUT2D eigenvalue weighted by Gasteiger charge is -2.64. The minimum absolute atomic E-state index is 0.0164. The van der Waals surface area contributed by atoms with E-state index in [-0.39, 0.29) is 34.2 Å². The number of piperazine rings is 1. The fourth-order valence-corrected chi connectivity index (χ4v) is 8.74. The van der Waals surface area contributed by atoms with Crippen LogP contribution in [-0.4, -0.2) is 58.4 Å². The first-order valence-corrected chi connectivity index (χ1v) is 12.5. The van der Waals surface area contributed by atoms with Crippen LogP contribution in [0.5, 0.6) is 11.5 Å². The number of hydrogen-bond acceptors (Lipinski definition) is 5. The summed E-state index contributed by atoms with van der Waals surface area (Å²) in [6.07, 6.45) is 7.01. The summed E-state index contributed by atoms with van der Waals surface area (Å²) in [6.45, 7) is 10.3. The third-order valence-electron chi connectivity index (χ3n) is 10.4. The lowest BCUT2D eigenvalue weighted by Crippen LogP contribution is -2.78. The van der Waals surface area contributed by atoms with Crippen LogP contribution in [0.3, 0.4) is 0 Å². The highest BCUT2D eigenvalue weighted by Crippen LogP contribution is 2.72. The smallest absolute Gasteiger partial charge is 0.243 e. The van der Waals surface area contributed by atoms with Gasteiger partial charge < -0.3 is 19.7 Å². The number of carbonyl (C=O) groups excluding carboxylic acids is 2. The quantitative estimate of drug-likeness (QED) is 0.638. The van der Waals surface area contributed by atoms with Crippen molar-refractivity contribution in [2.24, 2.45) is 11.3 Å². The van der Waals surface area contributed by atoms with Gasteiger partial charge in [0, 0.05) is 13.6 Å². The van der Waals surface area contributed by atoms with Gasteiger partial charge in [-0.05, 0) is 75.1 Å². The number of rotatable bonds is 0. The maximum atomic E-state index is 14.1. The monoisotopic (exact) mass is 463 g/mol. The molecule has 2 amide bonds. The van der Waals surface area contributed by atoms with Crippen molar-refractivity contribution in [3.05, 3.63) is 30.0 Å². The van der Waals surface area contributed by atoms with E-state index in [0.717, 1.165) is 43.6 Å². The Morgan fingerprint density at radius 2 is 1.94 bits per heavy atom. The average Bonchev–Trinajstić information content (AvgIpc) is 3.33. The summed E-state index contributed by atoms with van der Waals surface area (Å²) in [7, 11) is 1.98. The van der Waals surface area contributed by atoms with E-state index in [0.29, 0.717) is 17.9 Å². The third-order valence-corrected chi connectivity index (χ3v) is 10.4. The summed E-state index contributed by atoms with van der Waals surface area (Å²) in [5.74, 6) is 1.71. The van der Waals surface area contributed by atoms with Gasteiger partial charge in [0.2, 0.25) is 11.8 Å². The zero-order valence-corrected chi connectivity index (χ0v) is 20.7. The second-order valence-electron chi connectivity index (χ2n) is 12.5. The number of benzene rings is 1. The van der Waals surface area contributed by atoms with Crippen molar-refractivity contribution in [3.63, 3.8) is 0 Å². The fraction of sp³-hybridized carbons (Fsp3) is 0.630. The highest BCUT2D eigenvalue weighted by molar-refractivity contribution is 6.09. The van der Waals surface area contributed by atoms with Crippen molar-refractivity contribution in [3.8, 4) is 11.5 Å². The number of nitrogens with one attached hydrogen (secondary N) is 1. The summed E-state index contributed by atoms with van der Waals surface area (Å²) >= 11 is 0. The molecule has 1 N–H and O–H groups in total. The number of hydrogen-bond donors (Lipinski definition) is 1. The maximum Gasteiger partial charge on any atom is 0.243 e. The summed E-state index contributed by atoms with van der Waals surface area (Å²) in [4.78, 5) is 32.3. The second-order valence-corrected chi connectivity index (χ2v) is 12.5. The molecule has 1 aromatic carbocycles. The van der Waals surface area contributed by atoms with Gasteiger partial charge in [-0.15, -0.1) is 0 Å². The first-order chi connectivity index (χ1) is 16.0. The molecule has 180 valence electrons. The molecule has 6 heterocycles. The number of anilines is 1. The van der Waals surface area contributed by atoms with Gasteiger partial charge in [0.15, 0.2) is 11.5 Å². The molecular weight excluding hydrogens is 430 g/mol. The average molecular weight is 464 g/mol. The molecule has 3 spiro atoms. The van der Waals surface area contributed by atoms with Crippen LogP contribution in [0, 0.1) is 11.3 Å². The molecule has 8 rings (SSSR count). The fourth-order valence-electron chi connectivity index (χ4n) is 8.74. The number of amides is 2. The lowest BCUT2D eigenvalue weighted by molar-refractivity contribution is -0.184. The SMILES string of the molecule is CN1C(=O)C23CCCN2CC12CC1(C(=O)Nc4c1ccc1c4OC=CC(C)(C)O1)C(C)(C)C2C3. The highest BCUT2D eigenvalue weighted by atomic mass is 16.5. The Bertz CT molecular complexity index is 1200. The number of carbonyl (C=O) groups is 2. The lowest BCUT2D eigenvalue weighted by atomic mass is 9.57. The van der Waals surface area contributed by atoms with Gasteiger partial charge in [-0.25, -0.2) is 0 Å². The van der Waals surface area contributed by atoms with Crippen LogP contribution in [0.4, 0.5) is 5.69 Å². The number of fused-ring (bicyclic) bond motifs is 5. The molecule has 0 aromatic heterocycles. The normalized spacial score (nSPS) is 40.3. The van der Waals surface area contributed by atoms with Gasteiger partial charge in [-0.2, -0.15) is 0 Å². The van der Waals surface area contributed by atoms with Crippen LogP contribution >= 0.6 is 0 Å². The summed E-state index contributed by atoms with van der Waals surface area (Å²) in [5, 5.41) is 3.21. The first-order valence-electron chi connectivity index (χ1n) is 12.5. The van der Waals surface area contributed by atoms with Gasteiger partial charge in [0.05, 0.1) is 22.9 Å². The molecule has 0 radical (unpaired) electrons. The van der Waals surface area contributed by atoms with E-state index >= 15 is 0 Å². The molecule has 5 fully saturated rings. The predicted octanol–water partition coefficient (Wildman–Crippen LogP) is 3.44. The van der Waals surface area contributed by atoms with E-state index in [2.05, 4.69) is 30.1 Å². The van der Waals surface area contributed by atoms with E-state index in [4.69, 9.17) is 9.47 Å². The first kappa shape index (κ1) is 20.8. The third kappa shape index (κ3) is 2.03. The summed E-state index contributed by atoms with van der Waals surface area (Å²) in [6, 6.07) is 4.00. The van der Waals surface area contributed by atoms with E-state index < -0.39 is 11.0 Å². The van der Waals surface area contributed by atoms with Gasteiger partial charge in [0.25, 0.3) is 0 Å². The van der Waals surface area contributed by atoms with E-state index in [1.807, 2.05) is 37.9 Å². The molecule has 4 atom stereocenters. The van der Waals surface area contributed by atoms with Crippen molar-refractivity contribution in [2.75, 3.05) is 25.5 Å². The predicted molar refractivity (Wildman–Crippen MR) is 127 cm³/mol. The topological polar surface area (TPSA) is 71.1 Å². The zero-order valence-electron chi connectivity index (χ0n) is 20.7. The van der Waals surface area contributed by atoms with Crippen molar-refractivity contribution in [1.29, 1.82) is 0 Å². The van der Waals surface area contributed by atoms with E-state index in [1.165, 1.54) is 0 Å². The summed E-state index contributed by atoms with van der Waals surface area (Å²) in [5.41, 5.74) is -0.627. The standard InChI is InChI=1S/C27H33N3O4/c1-23(2)10-12-33-20-17(34-23)8-7-16-19(20)28-21(31)27(16)14-26-15-30-11-6-9-25(30,22(32)29(26)5)13-18(26)24(27,3)4/h7-8,10,12,18H,6,9,11,13-15H2,1-5H3,(H,28,31). The van der Waals surface area contributed by atoms with Gasteiger partial charge >= 0.3 is 0 Å². The van der Waals surface area contributed by atoms with Crippen LogP contribution in [0.1, 0.15) is 58.9 Å². The van der Waals surface area contributed by atoms with Gasteiger partial charge in [-0.1, -0.05) is 19.9 Å². The van der Waals surface area contributed by atoms with Crippen LogP contribution in [0.25, 0.3) is 0 Å². The molecule has 6 aliphatic heterocycles. The Morgan fingerprint density at radius 3 is 2.74 bits per heavy atom. The number of ether oxygens (including phenoxy) is 2. The Labute approximate surface area is 200 Å². The molecule has 7 heteroatoms. The molecule has 1 aromatic rings. The summed E-state index contributed by atoms with van der Waals surface area (Å²) < 4.78 is 12.2. The van der Waals surface area contributed by atoms with Crippen molar-refractivity contribution >= 4 is 17.5 Å². The molecule has 4 unspecified atom stereocenters. The number of piperidine rings is 2. The van der Waals surface area contributed by atoms with E-state index in [9.17, 15) is 9.59 Å². The molecule has 7 nitrogen and oxygen atoms in total. The minimum Gasteiger partial charge on any atom is -0.480 e. The maximum absolute atomic E-state index is 14.1. The molecular formula is C27H33N3O4. The van der Waals surface area contributed by atoms with Crippen LogP contribution in [0.15, 0.2) is 24.5 Å². The van der Waals surface area contributed by atoms with E-state index in [1.54, 1.807) is 6.26 Å². The number of nitrogens with zero attached hydrogens (tertiary/aromatic N) is 2. The largest absolute Gasteiger partial charge is 0.480 e. The second kappa shape index (κ2) is 5.81. The van der Waals surface area contributed by atoms with Crippen molar-refractivity contribution in [1.82, 2.24) is 9.80 Å². The van der Waals surface area contributed by atoms with Crippen molar-refractivity contribution in [2.45, 2.75) is 75.5 Å². The van der Waals surface area contributed by atoms with Gasteiger partial charge in [0.1, 0.15) is 11.1 Å². The Hall–Kier alpha value is -2.54.